The van der Waals surface area contributed by atoms with Crippen molar-refractivity contribution in [3.8, 4) is 0 Å². The molecule has 0 aromatic carbocycles. The van der Waals surface area contributed by atoms with Crippen molar-refractivity contribution in [3.05, 3.63) is 0 Å². The molecule has 0 heterocycles. The fourth-order valence-corrected chi connectivity index (χ4v) is 3.31. The number of carbonyl (C=O) groups is 6. The topological polar surface area (TPSA) is 225 Å². The minimum absolute atomic E-state index is 0.0819. The van der Waals surface area contributed by atoms with Crippen LogP contribution in [0.3, 0.4) is 0 Å². The van der Waals surface area contributed by atoms with Crippen LogP contribution in [-0.2, 0) is 28.8 Å². The van der Waals surface area contributed by atoms with Crippen molar-refractivity contribution < 1.29 is 44.1 Å². The van der Waals surface area contributed by atoms with Crippen LogP contribution in [0.5, 0.6) is 0 Å². The molecular weight excluding hydrogens is 472 g/mol. The molecule has 0 aromatic heterocycles. The molecular formula is C20H34N4O9S. The Labute approximate surface area is 201 Å². The summed E-state index contributed by atoms with van der Waals surface area (Å²) in [6, 6.07) is -5.19. The molecule has 0 fully saturated rings. The van der Waals surface area contributed by atoms with Gasteiger partial charge in [-0.05, 0) is 37.2 Å². The van der Waals surface area contributed by atoms with Gasteiger partial charge in [-0.1, -0.05) is 13.8 Å². The van der Waals surface area contributed by atoms with E-state index in [-0.39, 0.29) is 25.2 Å². The third kappa shape index (κ3) is 13.0. The van der Waals surface area contributed by atoms with Crippen LogP contribution < -0.4 is 21.7 Å². The van der Waals surface area contributed by atoms with Gasteiger partial charge in [0.2, 0.25) is 17.7 Å². The maximum atomic E-state index is 12.8. The van der Waals surface area contributed by atoms with Crippen LogP contribution in [0, 0.1) is 5.92 Å². The molecule has 0 saturated heterocycles. The van der Waals surface area contributed by atoms with E-state index in [2.05, 4.69) is 16.0 Å². The number of rotatable bonds is 17. The zero-order valence-electron chi connectivity index (χ0n) is 19.4. The monoisotopic (exact) mass is 506 g/mol. The van der Waals surface area contributed by atoms with Crippen LogP contribution in [0.2, 0.25) is 0 Å². The summed E-state index contributed by atoms with van der Waals surface area (Å²) in [6.45, 7) is 3.56. The molecule has 0 aliphatic rings. The van der Waals surface area contributed by atoms with Gasteiger partial charge >= 0.3 is 17.9 Å². The summed E-state index contributed by atoms with van der Waals surface area (Å²) in [6.07, 6.45) is 0.562. The van der Waals surface area contributed by atoms with Crippen molar-refractivity contribution in [2.75, 3.05) is 12.0 Å². The van der Waals surface area contributed by atoms with Crippen molar-refractivity contribution in [1.29, 1.82) is 0 Å². The quantitative estimate of drug-likeness (QED) is 0.126. The molecule has 0 aliphatic heterocycles. The van der Waals surface area contributed by atoms with Crippen LogP contribution in [-0.4, -0.2) is 87.1 Å². The van der Waals surface area contributed by atoms with Crippen LogP contribution in [0.25, 0.3) is 0 Å². The van der Waals surface area contributed by atoms with Crippen LogP contribution in [0.1, 0.15) is 46.0 Å². The number of nitrogens with two attached hydrogens (primary N) is 1. The maximum Gasteiger partial charge on any atom is 0.326 e. The molecule has 0 aliphatic carbocycles. The summed E-state index contributed by atoms with van der Waals surface area (Å²) in [5.41, 5.74) is 5.50. The van der Waals surface area contributed by atoms with E-state index < -0.39 is 72.6 Å². The van der Waals surface area contributed by atoms with Crippen molar-refractivity contribution >= 4 is 47.4 Å². The van der Waals surface area contributed by atoms with Gasteiger partial charge in [-0.3, -0.25) is 24.0 Å². The standard InChI is InChI=1S/C20H34N4O9S/c1-10(2)8-14(19(31)23-13(20(32)33)6-7-34-3)24-18(30)12(4-5-15(25)26)22-17(29)11(21)9-16(27)28/h10-14H,4-9,21H2,1-3H3,(H,22,29)(H,23,31)(H,24,30)(H,25,26)(H,27,28)(H,32,33). The molecule has 8 N–H and O–H groups in total. The fraction of sp³-hybridized carbons (Fsp3) is 0.700. The molecule has 0 radical (unpaired) electrons. The van der Waals surface area contributed by atoms with E-state index in [1.165, 1.54) is 11.8 Å². The first-order chi connectivity index (χ1) is 15.8. The molecule has 4 unspecified atom stereocenters. The predicted octanol–water partition coefficient (Wildman–Crippen LogP) is -1.01. The zero-order chi connectivity index (χ0) is 26.4. The molecule has 194 valence electrons. The first kappa shape index (κ1) is 31.1. The number of aliphatic carboxylic acids is 3. The third-order valence-corrected chi connectivity index (χ3v) is 5.22. The van der Waals surface area contributed by atoms with E-state index in [1.807, 2.05) is 0 Å². The Bertz CT molecular complexity index is 748. The normalized spacial score (nSPS) is 14.4. The average Bonchev–Trinajstić information content (AvgIpc) is 2.71. The van der Waals surface area contributed by atoms with E-state index in [1.54, 1.807) is 20.1 Å². The molecule has 14 heteroatoms. The highest BCUT2D eigenvalue weighted by atomic mass is 32.2. The minimum Gasteiger partial charge on any atom is -0.481 e. The van der Waals surface area contributed by atoms with Gasteiger partial charge in [-0.15, -0.1) is 0 Å². The Hall–Kier alpha value is -2.87. The molecule has 0 spiro atoms. The lowest BCUT2D eigenvalue weighted by Gasteiger charge is -2.26. The molecule has 4 atom stereocenters. The molecule has 13 nitrogen and oxygen atoms in total. The van der Waals surface area contributed by atoms with Crippen molar-refractivity contribution in [2.24, 2.45) is 11.7 Å². The van der Waals surface area contributed by atoms with Gasteiger partial charge in [0.1, 0.15) is 18.1 Å². The van der Waals surface area contributed by atoms with Crippen LogP contribution in [0.15, 0.2) is 0 Å². The number of amides is 3. The molecule has 3 amide bonds. The number of nitrogens with one attached hydrogen (secondary N) is 3. The second kappa shape index (κ2) is 15.9. The van der Waals surface area contributed by atoms with Gasteiger partial charge in [0.15, 0.2) is 0 Å². The Kier molecular flexibility index (Phi) is 14.5. The summed E-state index contributed by atoms with van der Waals surface area (Å²) in [5.74, 6) is -5.99. The number of hydrogen-bond donors (Lipinski definition) is 7. The number of hydrogen-bond acceptors (Lipinski definition) is 8. The van der Waals surface area contributed by atoms with E-state index in [0.29, 0.717) is 5.75 Å². The predicted molar refractivity (Wildman–Crippen MR) is 123 cm³/mol. The summed E-state index contributed by atoms with van der Waals surface area (Å²) in [4.78, 5) is 71.0. The van der Waals surface area contributed by atoms with Gasteiger partial charge in [-0.2, -0.15) is 11.8 Å². The highest BCUT2D eigenvalue weighted by Crippen LogP contribution is 2.09. The van der Waals surface area contributed by atoms with Gasteiger partial charge in [0.25, 0.3) is 0 Å². The highest BCUT2D eigenvalue weighted by Gasteiger charge is 2.31. The van der Waals surface area contributed by atoms with E-state index in [0.717, 1.165) is 0 Å². The van der Waals surface area contributed by atoms with Gasteiger partial charge in [0.05, 0.1) is 12.5 Å². The number of thioether (sulfide) groups is 1. The van der Waals surface area contributed by atoms with Crippen LogP contribution >= 0.6 is 11.8 Å². The first-order valence-corrected chi connectivity index (χ1v) is 12.0. The molecule has 0 rings (SSSR count). The number of carbonyl (C=O) groups excluding carboxylic acids is 3. The fourth-order valence-electron chi connectivity index (χ4n) is 2.84. The molecule has 0 bridgehead atoms. The Morgan fingerprint density at radius 3 is 1.79 bits per heavy atom. The summed E-state index contributed by atoms with van der Waals surface area (Å²) in [5, 5.41) is 34.1. The van der Waals surface area contributed by atoms with Gasteiger partial charge in [-0.25, -0.2) is 4.79 Å². The van der Waals surface area contributed by atoms with Crippen molar-refractivity contribution in [3.63, 3.8) is 0 Å². The lowest BCUT2D eigenvalue weighted by atomic mass is 10.0. The Balaban J connectivity index is 5.54. The largest absolute Gasteiger partial charge is 0.481 e. The van der Waals surface area contributed by atoms with Crippen LogP contribution in [0.4, 0.5) is 0 Å². The summed E-state index contributed by atoms with van der Waals surface area (Å²) < 4.78 is 0. The molecule has 0 aromatic rings. The number of carboxylic acids is 3. The van der Waals surface area contributed by atoms with E-state index in [4.69, 9.17) is 15.9 Å². The molecule has 34 heavy (non-hydrogen) atoms. The Morgan fingerprint density at radius 1 is 0.794 bits per heavy atom. The SMILES string of the molecule is CSCCC(NC(=O)C(CC(C)C)NC(=O)C(CCC(=O)O)NC(=O)C(N)CC(=O)O)C(=O)O. The second-order valence-electron chi connectivity index (χ2n) is 8.07. The number of carboxylic acid groups (broad SMARTS) is 3. The van der Waals surface area contributed by atoms with Gasteiger partial charge in [0, 0.05) is 6.42 Å². The smallest absolute Gasteiger partial charge is 0.326 e. The summed E-state index contributed by atoms with van der Waals surface area (Å²) >= 11 is 1.41. The van der Waals surface area contributed by atoms with Gasteiger partial charge < -0.3 is 37.0 Å². The lowest BCUT2D eigenvalue weighted by Crippen LogP contribution is -2.57. The lowest BCUT2D eigenvalue weighted by molar-refractivity contribution is -0.142. The van der Waals surface area contributed by atoms with Crippen molar-refractivity contribution in [2.45, 2.75) is 70.1 Å². The molecule has 0 saturated carbocycles. The summed E-state index contributed by atoms with van der Waals surface area (Å²) in [7, 11) is 0. The highest BCUT2D eigenvalue weighted by molar-refractivity contribution is 7.98. The average molecular weight is 507 g/mol. The minimum atomic E-state index is -1.47. The van der Waals surface area contributed by atoms with E-state index in [9.17, 15) is 33.9 Å². The van der Waals surface area contributed by atoms with E-state index >= 15 is 0 Å². The zero-order valence-corrected chi connectivity index (χ0v) is 20.2. The third-order valence-electron chi connectivity index (χ3n) is 4.58. The maximum absolute atomic E-state index is 12.8. The second-order valence-corrected chi connectivity index (χ2v) is 9.06. The van der Waals surface area contributed by atoms with Crippen molar-refractivity contribution in [1.82, 2.24) is 16.0 Å². The first-order valence-electron chi connectivity index (χ1n) is 10.6. The Morgan fingerprint density at radius 2 is 1.32 bits per heavy atom.